The lowest BCUT2D eigenvalue weighted by atomic mass is 10.1. The number of anilines is 1. The molecule has 2 rings (SSSR count). The summed E-state index contributed by atoms with van der Waals surface area (Å²) in [6, 6.07) is 11.5. The van der Waals surface area contributed by atoms with Crippen LogP contribution < -0.4 is 10.5 Å². The first-order valence-corrected chi connectivity index (χ1v) is 8.34. The summed E-state index contributed by atoms with van der Waals surface area (Å²) in [5, 5.41) is 9.01. The molecule has 0 amide bonds. The van der Waals surface area contributed by atoms with E-state index in [1.165, 1.54) is 11.8 Å². The van der Waals surface area contributed by atoms with Crippen molar-refractivity contribution < 1.29 is 4.42 Å². The monoisotopic (exact) mass is 314 g/mol. The number of rotatable bonds is 5. The van der Waals surface area contributed by atoms with Crippen LogP contribution in [0.15, 0.2) is 44.4 Å². The summed E-state index contributed by atoms with van der Waals surface area (Å²) < 4.78 is 5.28. The zero-order chi connectivity index (χ0) is 16.1. The van der Waals surface area contributed by atoms with Crippen molar-refractivity contribution in [1.29, 1.82) is 5.26 Å². The van der Waals surface area contributed by atoms with E-state index in [0.29, 0.717) is 10.7 Å². The van der Waals surface area contributed by atoms with Gasteiger partial charge in [0.1, 0.15) is 11.8 Å². The van der Waals surface area contributed by atoms with Gasteiger partial charge in [-0.05, 0) is 50.4 Å². The Balaban J connectivity index is 2.43. The third-order valence-electron chi connectivity index (χ3n) is 3.53. The molecule has 0 aliphatic rings. The second-order valence-electron chi connectivity index (χ2n) is 4.67. The molecular weight excluding hydrogens is 296 g/mol. The van der Waals surface area contributed by atoms with Crippen molar-refractivity contribution in [2.24, 2.45) is 0 Å². The summed E-state index contributed by atoms with van der Waals surface area (Å²) in [5.41, 5.74) is 1.44. The molecule has 114 valence electrons. The lowest BCUT2D eigenvalue weighted by Gasteiger charge is -2.21. The van der Waals surface area contributed by atoms with Gasteiger partial charge in [0.25, 0.3) is 0 Å². The molecule has 4 nitrogen and oxygen atoms in total. The van der Waals surface area contributed by atoms with E-state index < -0.39 is 5.63 Å². The molecule has 0 saturated carbocycles. The lowest BCUT2D eigenvalue weighted by Crippen LogP contribution is -2.21. The highest BCUT2D eigenvalue weighted by molar-refractivity contribution is 7.98. The van der Waals surface area contributed by atoms with Crippen molar-refractivity contribution in [2.45, 2.75) is 18.7 Å². The molecule has 1 aromatic carbocycles. The van der Waals surface area contributed by atoms with Gasteiger partial charge in [0, 0.05) is 29.2 Å². The summed E-state index contributed by atoms with van der Waals surface area (Å²) in [6.07, 6.45) is 1.84. The van der Waals surface area contributed by atoms with Crippen LogP contribution in [0.4, 0.5) is 5.69 Å². The van der Waals surface area contributed by atoms with Gasteiger partial charge in [-0.1, -0.05) is 0 Å². The zero-order valence-electron chi connectivity index (χ0n) is 12.9. The maximum Gasteiger partial charge on any atom is 0.355 e. The molecule has 0 aliphatic heterocycles. The predicted molar refractivity (Wildman–Crippen MR) is 90.5 cm³/mol. The largest absolute Gasteiger partial charge is 0.422 e. The molecule has 0 spiro atoms. The second-order valence-corrected chi connectivity index (χ2v) is 5.52. The van der Waals surface area contributed by atoms with E-state index in [1.807, 2.05) is 36.6 Å². The van der Waals surface area contributed by atoms with Gasteiger partial charge in [0.15, 0.2) is 5.56 Å². The first-order chi connectivity index (χ1) is 10.6. The van der Waals surface area contributed by atoms with Crippen LogP contribution in [0.1, 0.15) is 19.4 Å². The molecule has 0 bridgehead atoms. The summed E-state index contributed by atoms with van der Waals surface area (Å²) in [6.45, 7) is 6.11. The Morgan fingerprint density at radius 3 is 2.36 bits per heavy atom. The van der Waals surface area contributed by atoms with E-state index in [1.54, 1.807) is 6.07 Å². The number of benzene rings is 1. The SMILES string of the molecule is CCN(CC)c1ccc(-c2cc(SC)c(C#N)c(=O)o2)cc1. The standard InChI is InChI=1S/C17H18N2O2S/c1-4-19(5-2)13-8-6-12(7-9-13)15-10-16(22-3)14(11-18)17(20)21-15/h6-10H,4-5H2,1-3H3. The summed E-state index contributed by atoms with van der Waals surface area (Å²) in [7, 11) is 0. The molecule has 0 unspecified atom stereocenters. The number of thioether (sulfide) groups is 1. The van der Waals surface area contributed by atoms with Gasteiger partial charge in [-0.2, -0.15) is 5.26 Å². The third kappa shape index (κ3) is 3.18. The van der Waals surface area contributed by atoms with Gasteiger partial charge in [-0.25, -0.2) is 4.79 Å². The van der Waals surface area contributed by atoms with Crippen molar-refractivity contribution in [3.63, 3.8) is 0 Å². The summed E-state index contributed by atoms with van der Waals surface area (Å²) in [5.74, 6) is 0.486. The Morgan fingerprint density at radius 2 is 1.86 bits per heavy atom. The molecule has 0 N–H and O–H groups in total. The Hall–Kier alpha value is -2.19. The van der Waals surface area contributed by atoms with Gasteiger partial charge < -0.3 is 9.32 Å². The van der Waals surface area contributed by atoms with Crippen LogP contribution in [0.25, 0.3) is 11.3 Å². The van der Waals surface area contributed by atoms with Gasteiger partial charge in [0.05, 0.1) is 0 Å². The van der Waals surface area contributed by atoms with E-state index in [4.69, 9.17) is 9.68 Å². The Kier molecular flexibility index (Phi) is 5.29. The molecule has 0 atom stereocenters. The van der Waals surface area contributed by atoms with E-state index in [9.17, 15) is 4.79 Å². The molecule has 5 heteroatoms. The third-order valence-corrected chi connectivity index (χ3v) is 4.29. The van der Waals surface area contributed by atoms with E-state index in [0.717, 1.165) is 24.3 Å². The van der Waals surface area contributed by atoms with Gasteiger partial charge >= 0.3 is 5.63 Å². The fourth-order valence-corrected chi connectivity index (χ4v) is 2.86. The average molecular weight is 314 g/mol. The van der Waals surface area contributed by atoms with Crippen LogP contribution >= 0.6 is 11.8 Å². The van der Waals surface area contributed by atoms with Gasteiger partial charge in [-0.3, -0.25) is 0 Å². The molecule has 0 aliphatic carbocycles. The molecule has 1 aromatic heterocycles. The van der Waals surface area contributed by atoms with Crippen molar-refractivity contribution in [3.8, 4) is 17.4 Å². The molecule has 1 heterocycles. The van der Waals surface area contributed by atoms with Crippen molar-refractivity contribution in [3.05, 3.63) is 46.3 Å². The highest BCUT2D eigenvalue weighted by atomic mass is 32.2. The molecule has 22 heavy (non-hydrogen) atoms. The molecule has 0 fully saturated rings. The minimum atomic E-state index is -0.586. The molecular formula is C17H18N2O2S. The summed E-state index contributed by atoms with van der Waals surface area (Å²) in [4.78, 5) is 14.8. The predicted octanol–water partition coefficient (Wildman–Crippen LogP) is 3.75. The van der Waals surface area contributed by atoms with Crippen LogP contribution in [0.2, 0.25) is 0 Å². The van der Waals surface area contributed by atoms with Gasteiger partial charge in [0.2, 0.25) is 0 Å². The number of hydrogen-bond acceptors (Lipinski definition) is 5. The maximum absolute atomic E-state index is 11.9. The van der Waals surface area contributed by atoms with Crippen LogP contribution in [0, 0.1) is 11.3 Å². The van der Waals surface area contributed by atoms with Crippen molar-refractivity contribution >= 4 is 17.4 Å². The van der Waals surface area contributed by atoms with E-state index in [2.05, 4.69) is 18.7 Å². The molecule has 0 saturated heterocycles. The highest BCUT2D eigenvalue weighted by Gasteiger charge is 2.12. The smallest absolute Gasteiger partial charge is 0.355 e. The van der Waals surface area contributed by atoms with E-state index >= 15 is 0 Å². The van der Waals surface area contributed by atoms with Crippen LogP contribution in [-0.4, -0.2) is 19.3 Å². The Morgan fingerprint density at radius 1 is 1.23 bits per heavy atom. The first kappa shape index (κ1) is 16.2. The van der Waals surface area contributed by atoms with Crippen LogP contribution in [0.3, 0.4) is 0 Å². The van der Waals surface area contributed by atoms with Crippen LogP contribution in [0.5, 0.6) is 0 Å². The quantitative estimate of drug-likeness (QED) is 0.787. The van der Waals surface area contributed by atoms with Crippen molar-refractivity contribution in [2.75, 3.05) is 24.2 Å². The van der Waals surface area contributed by atoms with Crippen LogP contribution in [-0.2, 0) is 0 Å². The average Bonchev–Trinajstić information content (AvgIpc) is 2.55. The topological polar surface area (TPSA) is 57.2 Å². The number of nitrogens with zero attached hydrogens (tertiary/aromatic N) is 2. The number of nitriles is 1. The maximum atomic E-state index is 11.9. The first-order valence-electron chi connectivity index (χ1n) is 7.12. The van der Waals surface area contributed by atoms with Gasteiger partial charge in [-0.15, -0.1) is 11.8 Å². The lowest BCUT2D eigenvalue weighted by molar-refractivity contribution is 0.518. The minimum Gasteiger partial charge on any atom is -0.422 e. The second kappa shape index (κ2) is 7.19. The molecule has 0 radical (unpaired) electrons. The fourth-order valence-electron chi connectivity index (χ4n) is 2.30. The van der Waals surface area contributed by atoms with Crippen molar-refractivity contribution in [1.82, 2.24) is 0 Å². The number of hydrogen-bond donors (Lipinski definition) is 0. The Labute approximate surface area is 134 Å². The molecule has 2 aromatic rings. The summed E-state index contributed by atoms with van der Waals surface area (Å²) >= 11 is 1.37. The van der Waals surface area contributed by atoms with E-state index in [-0.39, 0.29) is 5.56 Å². The Bertz CT molecular complexity index is 741. The minimum absolute atomic E-state index is 0.0658. The highest BCUT2D eigenvalue weighted by Crippen LogP contribution is 2.27. The normalized spacial score (nSPS) is 10.3. The fraction of sp³-hybridized carbons (Fsp3) is 0.294. The zero-order valence-corrected chi connectivity index (χ0v) is 13.7.